The average Bonchev–Trinajstić information content (AvgIpc) is 2.87. The number of rotatable bonds is 4. The van der Waals surface area contributed by atoms with E-state index in [2.05, 4.69) is 5.32 Å². The molecule has 0 bridgehead atoms. The quantitative estimate of drug-likeness (QED) is 0.683. The van der Waals surface area contributed by atoms with Gasteiger partial charge in [-0.1, -0.05) is 0 Å². The highest BCUT2D eigenvalue weighted by atomic mass is 16.5. The van der Waals surface area contributed by atoms with E-state index >= 15 is 0 Å². The molecule has 0 aromatic heterocycles. The Bertz CT molecular complexity index is 338. The summed E-state index contributed by atoms with van der Waals surface area (Å²) in [5.74, 6) is -0.810. The molecule has 0 radical (unpaired) electrons. The van der Waals surface area contributed by atoms with Gasteiger partial charge >= 0.3 is 5.97 Å². The van der Waals surface area contributed by atoms with Gasteiger partial charge in [0.15, 0.2) is 6.10 Å². The van der Waals surface area contributed by atoms with E-state index < -0.39 is 18.2 Å². The van der Waals surface area contributed by atoms with Gasteiger partial charge in [0.05, 0.1) is 6.10 Å². The van der Waals surface area contributed by atoms with Crippen molar-refractivity contribution in [2.75, 3.05) is 6.54 Å². The normalized spacial score (nSPS) is 35.0. The maximum absolute atomic E-state index is 11.8. The lowest BCUT2D eigenvalue weighted by Gasteiger charge is -2.25. The number of aliphatic carboxylic acids is 1. The molecule has 1 aliphatic heterocycles. The van der Waals surface area contributed by atoms with Crippen molar-refractivity contribution < 1.29 is 24.5 Å². The zero-order chi connectivity index (χ0) is 13.8. The second-order valence-electron chi connectivity index (χ2n) is 5.45. The third-order valence-corrected chi connectivity index (χ3v) is 3.97. The number of carbonyl (C=O) groups excluding carboxylic acids is 1. The van der Waals surface area contributed by atoms with E-state index in [-0.39, 0.29) is 12.0 Å². The van der Waals surface area contributed by atoms with Gasteiger partial charge in [-0.25, -0.2) is 4.79 Å². The van der Waals surface area contributed by atoms with Crippen molar-refractivity contribution >= 4 is 11.9 Å². The second-order valence-corrected chi connectivity index (χ2v) is 5.45. The predicted octanol–water partition coefficient (Wildman–Crippen LogP) is 0.286. The van der Waals surface area contributed by atoms with Crippen LogP contribution in [0, 0.1) is 5.92 Å². The largest absolute Gasteiger partial charge is 0.479 e. The van der Waals surface area contributed by atoms with Crippen LogP contribution in [0.1, 0.15) is 38.5 Å². The molecule has 0 unspecified atom stereocenters. The smallest absolute Gasteiger partial charge is 0.332 e. The van der Waals surface area contributed by atoms with Crippen LogP contribution in [-0.4, -0.2) is 46.9 Å². The predicted molar refractivity (Wildman–Crippen MR) is 66.5 cm³/mol. The summed E-state index contributed by atoms with van der Waals surface area (Å²) in [6.45, 7) is 0.586. The lowest BCUT2D eigenvalue weighted by atomic mass is 9.87. The molecule has 2 rings (SSSR count). The Morgan fingerprint density at radius 1 is 1.05 bits per heavy atom. The molecule has 1 amide bonds. The maximum atomic E-state index is 11.8. The summed E-state index contributed by atoms with van der Waals surface area (Å²) in [7, 11) is 0. The first kappa shape index (κ1) is 14.3. The molecule has 2 atom stereocenters. The number of hydrogen-bond donors (Lipinski definition) is 3. The number of nitrogens with one attached hydrogen (secondary N) is 1. The fourth-order valence-electron chi connectivity index (χ4n) is 2.72. The second kappa shape index (κ2) is 6.34. The van der Waals surface area contributed by atoms with Gasteiger partial charge in [-0.3, -0.25) is 4.79 Å². The lowest BCUT2D eigenvalue weighted by molar-refractivity contribution is -0.151. The number of aliphatic hydroxyl groups is 1. The number of aliphatic hydroxyl groups excluding tert-OH is 1. The van der Waals surface area contributed by atoms with Crippen LogP contribution in [0.15, 0.2) is 0 Å². The van der Waals surface area contributed by atoms with E-state index in [0.717, 1.165) is 25.7 Å². The van der Waals surface area contributed by atoms with Crippen LogP contribution in [0.25, 0.3) is 0 Å². The standard InChI is InChI=1S/C13H21NO5/c15-9-3-1-8(2-4-9)7-14-12(16)10-5-6-11(19-10)13(17)18/h8-11,15H,1-7H2,(H,14,16)(H,17,18)/t8?,9?,10-,11+/m0/s1. The zero-order valence-electron chi connectivity index (χ0n) is 10.9. The van der Waals surface area contributed by atoms with Crippen LogP contribution < -0.4 is 5.32 Å². The molecule has 108 valence electrons. The molecule has 0 spiro atoms. The highest BCUT2D eigenvalue weighted by Crippen LogP contribution is 2.24. The molecule has 6 heteroatoms. The first-order valence-corrected chi connectivity index (χ1v) is 6.90. The molecule has 2 fully saturated rings. The molecule has 1 aliphatic carbocycles. The Morgan fingerprint density at radius 2 is 1.68 bits per heavy atom. The van der Waals surface area contributed by atoms with Crippen molar-refractivity contribution in [1.29, 1.82) is 0 Å². The van der Waals surface area contributed by atoms with E-state index in [4.69, 9.17) is 9.84 Å². The Balaban J connectivity index is 1.69. The highest BCUT2D eigenvalue weighted by Gasteiger charge is 2.34. The topological polar surface area (TPSA) is 95.9 Å². The third-order valence-electron chi connectivity index (χ3n) is 3.97. The van der Waals surface area contributed by atoms with Gasteiger partial charge in [0.2, 0.25) is 5.91 Å². The minimum atomic E-state index is -1.00. The number of carboxylic acids is 1. The number of amides is 1. The number of ether oxygens (including phenoxy) is 1. The van der Waals surface area contributed by atoms with E-state index in [9.17, 15) is 14.7 Å². The minimum Gasteiger partial charge on any atom is -0.479 e. The summed E-state index contributed by atoms with van der Waals surface area (Å²) in [4.78, 5) is 22.6. The van der Waals surface area contributed by atoms with Crippen molar-refractivity contribution in [3.63, 3.8) is 0 Å². The Labute approximate surface area is 112 Å². The molecule has 0 aromatic rings. The van der Waals surface area contributed by atoms with E-state index in [0.29, 0.717) is 25.3 Å². The summed E-state index contributed by atoms with van der Waals surface area (Å²) in [6.07, 6.45) is 2.62. The van der Waals surface area contributed by atoms with Crippen LogP contribution in [0.2, 0.25) is 0 Å². The zero-order valence-corrected chi connectivity index (χ0v) is 10.9. The average molecular weight is 271 g/mol. The van der Waals surface area contributed by atoms with Crippen molar-refractivity contribution in [1.82, 2.24) is 5.32 Å². The molecule has 1 heterocycles. The van der Waals surface area contributed by atoms with Gasteiger partial charge < -0.3 is 20.3 Å². The first-order chi connectivity index (χ1) is 9.06. The SMILES string of the molecule is O=C(NCC1CCC(O)CC1)[C@@H]1CC[C@H](C(=O)O)O1. The highest BCUT2D eigenvalue weighted by molar-refractivity contribution is 5.82. The number of hydrogen-bond acceptors (Lipinski definition) is 4. The fraction of sp³-hybridized carbons (Fsp3) is 0.846. The van der Waals surface area contributed by atoms with Gasteiger partial charge in [-0.15, -0.1) is 0 Å². The molecule has 19 heavy (non-hydrogen) atoms. The molecule has 6 nitrogen and oxygen atoms in total. The number of carbonyl (C=O) groups is 2. The van der Waals surface area contributed by atoms with Crippen molar-refractivity contribution in [3.8, 4) is 0 Å². The van der Waals surface area contributed by atoms with Crippen LogP contribution in [-0.2, 0) is 14.3 Å². The molecule has 1 saturated carbocycles. The lowest BCUT2D eigenvalue weighted by Crippen LogP contribution is -2.39. The Kier molecular flexibility index (Phi) is 4.76. The Hall–Kier alpha value is -1.14. The Morgan fingerprint density at radius 3 is 2.26 bits per heavy atom. The number of carboxylic acid groups (broad SMARTS) is 1. The summed E-state index contributed by atoms with van der Waals surface area (Å²) in [5.41, 5.74) is 0. The molecule has 3 N–H and O–H groups in total. The van der Waals surface area contributed by atoms with Gasteiger partial charge in [-0.2, -0.15) is 0 Å². The van der Waals surface area contributed by atoms with Crippen LogP contribution in [0.5, 0.6) is 0 Å². The third kappa shape index (κ3) is 3.91. The van der Waals surface area contributed by atoms with Gasteiger partial charge in [0.25, 0.3) is 0 Å². The summed E-state index contributed by atoms with van der Waals surface area (Å²) in [5, 5.41) is 21.0. The van der Waals surface area contributed by atoms with Gasteiger partial charge in [0, 0.05) is 6.54 Å². The van der Waals surface area contributed by atoms with Crippen LogP contribution in [0.4, 0.5) is 0 Å². The molecular weight excluding hydrogens is 250 g/mol. The maximum Gasteiger partial charge on any atom is 0.332 e. The van der Waals surface area contributed by atoms with Crippen molar-refractivity contribution in [2.24, 2.45) is 5.92 Å². The summed E-state index contributed by atoms with van der Waals surface area (Å²) < 4.78 is 5.19. The van der Waals surface area contributed by atoms with Crippen molar-refractivity contribution in [2.45, 2.75) is 56.8 Å². The van der Waals surface area contributed by atoms with E-state index in [1.807, 2.05) is 0 Å². The first-order valence-electron chi connectivity index (χ1n) is 6.90. The monoisotopic (exact) mass is 271 g/mol. The molecule has 0 aromatic carbocycles. The van der Waals surface area contributed by atoms with E-state index in [1.54, 1.807) is 0 Å². The minimum absolute atomic E-state index is 0.193. The summed E-state index contributed by atoms with van der Waals surface area (Å²) >= 11 is 0. The van der Waals surface area contributed by atoms with Gasteiger partial charge in [-0.05, 0) is 44.4 Å². The van der Waals surface area contributed by atoms with Crippen LogP contribution in [0.3, 0.4) is 0 Å². The van der Waals surface area contributed by atoms with Gasteiger partial charge in [0.1, 0.15) is 6.10 Å². The molecule has 1 saturated heterocycles. The summed E-state index contributed by atoms with van der Waals surface area (Å²) in [6, 6.07) is 0. The molecular formula is C13H21NO5. The van der Waals surface area contributed by atoms with Crippen LogP contribution >= 0.6 is 0 Å². The molecule has 2 aliphatic rings. The van der Waals surface area contributed by atoms with Crippen molar-refractivity contribution in [3.05, 3.63) is 0 Å². The van der Waals surface area contributed by atoms with E-state index in [1.165, 1.54) is 0 Å². The fourth-order valence-corrected chi connectivity index (χ4v) is 2.72.